The number of thiazole rings is 1. The summed E-state index contributed by atoms with van der Waals surface area (Å²) in [7, 11) is 0. The zero-order valence-electron chi connectivity index (χ0n) is 13.9. The number of nitrogens with zero attached hydrogens (tertiary/aromatic N) is 2. The van der Waals surface area contributed by atoms with Crippen molar-refractivity contribution in [3.8, 4) is 11.6 Å². The molecule has 2 heterocycles. The van der Waals surface area contributed by atoms with Crippen molar-refractivity contribution in [1.29, 1.82) is 0 Å². The van der Waals surface area contributed by atoms with Gasteiger partial charge in [0, 0.05) is 9.69 Å². The van der Waals surface area contributed by atoms with Gasteiger partial charge in [-0.2, -0.15) is 0 Å². The van der Waals surface area contributed by atoms with E-state index in [1.165, 1.54) is 11.3 Å². The van der Waals surface area contributed by atoms with Gasteiger partial charge in [-0.15, -0.1) is 11.3 Å². The molecule has 0 saturated carbocycles. The Hall–Kier alpha value is -2.09. The van der Waals surface area contributed by atoms with E-state index in [0.29, 0.717) is 25.0 Å². The van der Waals surface area contributed by atoms with Gasteiger partial charge in [-0.05, 0) is 55.4 Å². The van der Waals surface area contributed by atoms with E-state index in [-0.39, 0.29) is 11.8 Å². The fourth-order valence-electron chi connectivity index (χ4n) is 3.19. The van der Waals surface area contributed by atoms with Crippen LogP contribution in [0.15, 0.2) is 45.9 Å². The van der Waals surface area contributed by atoms with Gasteiger partial charge in [0.1, 0.15) is 4.88 Å². The molecule has 0 unspecified atom stereocenters. The summed E-state index contributed by atoms with van der Waals surface area (Å²) in [6.07, 6.45) is 0. The van der Waals surface area contributed by atoms with Gasteiger partial charge >= 0.3 is 0 Å². The molecule has 0 atom stereocenters. The molecule has 0 bridgehead atoms. The minimum absolute atomic E-state index is 0.0243. The van der Waals surface area contributed by atoms with E-state index >= 15 is 0 Å². The van der Waals surface area contributed by atoms with Gasteiger partial charge < -0.3 is 5.11 Å². The standard InChI is InChI=1S/C19H13BrN2O2S2/c1-9-4-3-5-10(2)15(9)22-18(24)16(26-19(22)25)14-12-8-11(20)6-7-13(12)21-17(14)23/h3-8,24H,1-2H3. The summed E-state index contributed by atoms with van der Waals surface area (Å²) in [6, 6.07) is 11.4. The predicted octanol–water partition coefficient (Wildman–Crippen LogP) is 3.71. The van der Waals surface area contributed by atoms with Crippen LogP contribution in [0.1, 0.15) is 16.0 Å². The third-order valence-corrected chi connectivity index (χ3v) is 6.21. The minimum Gasteiger partial charge on any atom is -0.493 e. The lowest BCUT2D eigenvalue weighted by atomic mass is 10.1. The Morgan fingerprint density at radius 3 is 2.58 bits per heavy atom. The molecule has 7 heteroatoms. The maximum atomic E-state index is 12.5. The zero-order valence-corrected chi connectivity index (χ0v) is 17.1. The average molecular weight is 445 g/mol. The van der Waals surface area contributed by atoms with Crippen molar-refractivity contribution in [1.82, 2.24) is 4.57 Å². The third-order valence-electron chi connectivity index (χ3n) is 4.34. The molecule has 0 spiro atoms. The highest BCUT2D eigenvalue weighted by Crippen LogP contribution is 2.36. The van der Waals surface area contributed by atoms with Gasteiger partial charge in [0.2, 0.25) is 5.88 Å². The maximum absolute atomic E-state index is 12.5. The van der Waals surface area contributed by atoms with E-state index in [1.54, 1.807) is 10.6 Å². The molecular formula is C19H13BrN2O2S2. The Kier molecular flexibility index (Phi) is 4.17. The molecule has 0 saturated heterocycles. The second-order valence-electron chi connectivity index (χ2n) is 6.05. The summed E-state index contributed by atoms with van der Waals surface area (Å²) in [4.78, 5) is 17.1. The average Bonchev–Trinajstić information content (AvgIpc) is 3.04. The highest BCUT2D eigenvalue weighted by Gasteiger charge is 2.26. The topological polar surface area (TPSA) is 54.6 Å². The number of benzene rings is 2. The van der Waals surface area contributed by atoms with E-state index in [0.717, 1.165) is 21.3 Å². The van der Waals surface area contributed by atoms with E-state index in [2.05, 4.69) is 20.9 Å². The van der Waals surface area contributed by atoms with Crippen LogP contribution in [0.25, 0.3) is 11.3 Å². The molecule has 4 nitrogen and oxygen atoms in total. The molecule has 1 aromatic heterocycles. The number of carbonyl (C=O) groups excluding carboxylic acids is 1. The number of amides is 1. The zero-order chi connectivity index (χ0) is 18.6. The van der Waals surface area contributed by atoms with Crippen LogP contribution in [0, 0.1) is 17.8 Å². The first-order valence-electron chi connectivity index (χ1n) is 7.83. The number of aromatic nitrogens is 1. The maximum Gasteiger partial charge on any atom is 0.279 e. The molecule has 0 radical (unpaired) electrons. The van der Waals surface area contributed by atoms with Crippen molar-refractivity contribution < 1.29 is 9.90 Å². The van der Waals surface area contributed by atoms with Gasteiger partial charge in [0.25, 0.3) is 5.91 Å². The highest BCUT2D eigenvalue weighted by atomic mass is 79.9. The van der Waals surface area contributed by atoms with Crippen molar-refractivity contribution in [2.45, 2.75) is 13.8 Å². The molecule has 2 aromatic carbocycles. The number of para-hydroxylation sites is 1. The molecule has 1 N–H and O–H groups in total. The molecule has 0 aliphatic carbocycles. The van der Waals surface area contributed by atoms with Crippen molar-refractivity contribution in [2.75, 3.05) is 0 Å². The second-order valence-corrected chi connectivity index (χ2v) is 8.61. The van der Waals surface area contributed by atoms with Crippen LogP contribution < -0.4 is 10.6 Å². The number of rotatable bonds is 2. The summed E-state index contributed by atoms with van der Waals surface area (Å²) in [5.74, 6) is -0.387. The summed E-state index contributed by atoms with van der Waals surface area (Å²) < 4.78 is 2.96. The van der Waals surface area contributed by atoms with Crippen LogP contribution in [0.2, 0.25) is 0 Å². The van der Waals surface area contributed by atoms with Gasteiger partial charge in [-0.25, -0.2) is 4.99 Å². The Morgan fingerprint density at radius 2 is 1.88 bits per heavy atom. The summed E-state index contributed by atoms with van der Waals surface area (Å²) in [6.45, 7) is 3.94. The SMILES string of the molecule is Cc1cccc(C)c1-n1c(O)c(C2=c3cc(Br)ccc3=NC2=O)sc1=S. The van der Waals surface area contributed by atoms with Gasteiger partial charge in [0.05, 0.1) is 16.6 Å². The molecule has 26 heavy (non-hydrogen) atoms. The second kappa shape index (κ2) is 6.26. The van der Waals surface area contributed by atoms with Crippen LogP contribution in [0.5, 0.6) is 5.88 Å². The van der Waals surface area contributed by atoms with Crippen LogP contribution in [-0.4, -0.2) is 15.6 Å². The molecule has 4 rings (SSSR count). The van der Waals surface area contributed by atoms with Crippen LogP contribution >= 0.6 is 39.5 Å². The van der Waals surface area contributed by atoms with Crippen LogP contribution in [-0.2, 0) is 4.79 Å². The Labute approximate surface area is 166 Å². The van der Waals surface area contributed by atoms with Crippen LogP contribution in [0.3, 0.4) is 0 Å². The monoisotopic (exact) mass is 444 g/mol. The number of carbonyl (C=O) groups is 1. The summed E-state index contributed by atoms with van der Waals surface area (Å²) in [5.41, 5.74) is 3.22. The first kappa shape index (κ1) is 17.3. The normalized spacial score (nSPS) is 13.0. The lowest BCUT2D eigenvalue weighted by Crippen LogP contribution is -2.22. The van der Waals surface area contributed by atoms with Gasteiger partial charge in [-0.3, -0.25) is 9.36 Å². The lowest BCUT2D eigenvalue weighted by molar-refractivity contribution is -0.112. The van der Waals surface area contributed by atoms with Gasteiger partial charge in [0.15, 0.2) is 3.95 Å². The van der Waals surface area contributed by atoms with Crippen molar-refractivity contribution in [3.63, 3.8) is 0 Å². The molecule has 1 aliphatic rings. The predicted molar refractivity (Wildman–Crippen MR) is 108 cm³/mol. The van der Waals surface area contributed by atoms with E-state index in [9.17, 15) is 9.90 Å². The number of aryl methyl sites for hydroxylation is 2. The number of halogens is 1. The van der Waals surface area contributed by atoms with Crippen LogP contribution in [0.4, 0.5) is 0 Å². The largest absolute Gasteiger partial charge is 0.493 e. The molecule has 3 aromatic rings. The summed E-state index contributed by atoms with van der Waals surface area (Å²) in [5, 5.41) is 12.3. The number of aromatic hydroxyl groups is 1. The van der Waals surface area contributed by atoms with Crippen molar-refractivity contribution in [3.05, 3.63) is 71.4 Å². The summed E-state index contributed by atoms with van der Waals surface area (Å²) >= 11 is 10.2. The fraction of sp³-hybridized carbons (Fsp3) is 0.105. The van der Waals surface area contributed by atoms with Gasteiger partial charge in [-0.1, -0.05) is 34.1 Å². The number of fused-ring (bicyclic) bond motifs is 1. The number of hydrogen-bond donors (Lipinski definition) is 1. The van der Waals surface area contributed by atoms with Crippen molar-refractivity contribution in [2.24, 2.45) is 4.99 Å². The molecule has 1 amide bonds. The fourth-order valence-corrected chi connectivity index (χ4v) is 4.91. The minimum atomic E-state index is -0.363. The molecular weight excluding hydrogens is 432 g/mol. The quantitative estimate of drug-likeness (QED) is 0.612. The Bertz CT molecular complexity index is 1250. The molecule has 0 fully saturated rings. The number of hydrogen-bond acceptors (Lipinski definition) is 4. The third kappa shape index (κ3) is 2.58. The molecule has 130 valence electrons. The van der Waals surface area contributed by atoms with E-state index in [1.807, 2.05) is 44.2 Å². The first-order chi connectivity index (χ1) is 12.4. The lowest BCUT2D eigenvalue weighted by Gasteiger charge is -2.12. The first-order valence-corrected chi connectivity index (χ1v) is 9.85. The molecule has 1 aliphatic heterocycles. The van der Waals surface area contributed by atoms with E-state index in [4.69, 9.17) is 12.2 Å². The Balaban J connectivity index is 2.06. The van der Waals surface area contributed by atoms with E-state index < -0.39 is 0 Å². The Morgan fingerprint density at radius 1 is 1.19 bits per heavy atom. The highest BCUT2D eigenvalue weighted by molar-refractivity contribution is 9.10. The smallest absolute Gasteiger partial charge is 0.279 e. The van der Waals surface area contributed by atoms with Crippen molar-refractivity contribution >= 4 is 51.0 Å².